The van der Waals surface area contributed by atoms with E-state index in [9.17, 15) is 8.42 Å². The van der Waals surface area contributed by atoms with Crippen molar-refractivity contribution in [3.63, 3.8) is 0 Å². The molecule has 138 valence electrons. The largest absolute Gasteiger partial charge is 0.457 e. The number of ether oxygens (including phenoxy) is 2. The van der Waals surface area contributed by atoms with Crippen molar-refractivity contribution in [2.45, 2.75) is 37.7 Å². The molecule has 0 unspecified atom stereocenters. The van der Waals surface area contributed by atoms with Gasteiger partial charge in [0.15, 0.2) is 0 Å². The molecule has 2 aromatic carbocycles. The van der Waals surface area contributed by atoms with Crippen molar-refractivity contribution in [2.75, 3.05) is 6.61 Å². The molecule has 0 fully saturated rings. The van der Waals surface area contributed by atoms with Crippen molar-refractivity contribution in [1.82, 2.24) is 0 Å². The Kier molecular flexibility index (Phi) is 6.43. The average molecular weight is 373 g/mol. The monoisotopic (exact) mass is 373 g/mol. The zero-order valence-electron chi connectivity index (χ0n) is 15.2. The lowest BCUT2D eigenvalue weighted by Crippen LogP contribution is -2.19. The molecule has 0 bridgehead atoms. The topological polar surface area (TPSA) is 78.6 Å². The molecule has 5 nitrogen and oxygen atoms in total. The molecule has 0 saturated carbocycles. The van der Waals surface area contributed by atoms with Gasteiger partial charge in [-0.05, 0) is 69.3 Å². The number of hydrogen-bond acceptors (Lipinski definition) is 4. The van der Waals surface area contributed by atoms with Gasteiger partial charge in [-0.3, -0.25) is 0 Å². The van der Waals surface area contributed by atoms with Crippen LogP contribution >= 0.6 is 0 Å². The van der Waals surface area contributed by atoms with Crippen LogP contribution in [0.5, 0.6) is 11.5 Å². The Labute approximate surface area is 155 Å². The van der Waals surface area contributed by atoms with E-state index in [0.717, 1.165) is 5.56 Å². The van der Waals surface area contributed by atoms with Gasteiger partial charge in [0.1, 0.15) is 11.5 Å². The molecule has 0 aliphatic heterocycles. The van der Waals surface area contributed by atoms with Crippen molar-refractivity contribution in [3.8, 4) is 23.3 Å². The Morgan fingerprint density at radius 2 is 1.50 bits per heavy atom. The zero-order chi connectivity index (χ0) is 19.2. The molecule has 2 N–H and O–H groups in total. The summed E-state index contributed by atoms with van der Waals surface area (Å²) in [4.78, 5) is 0.0471. The minimum atomic E-state index is -3.70. The molecule has 0 aliphatic rings. The van der Waals surface area contributed by atoms with Crippen LogP contribution in [-0.4, -0.2) is 20.6 Å². The van der Waals surface area contributed by atoms with E-state index in [1.165, 1.54) is 12.1 Å². The van der Waals surface area contributed by atoms with E-state index in [1.54, 1.807) is 12.1 Å². The second-order valence-corrected chi connectivity index (χ2v) is 8.22. The fraction of sp³-hybridized carbons (Fsp3) is 0.300. The van der Waals surface area contributed by atoms with Crippen LogP contribution in [0, 0.1) is 11.8 Å². The summed E-state index contributed by atoms with van der Waals surface area (Å²) in [6, 6.07) is 13.3. The lowest BCUT2D eigenvalue weighted by molar-refractivity contribution is 0.000598. The van der Waals surface area contributed by atoms with E-state index < -0.39 is 10.0 Å². The smallest absolute Gasteiger partial charge is 0.238 e. The highest BCUT2D eigenvalue weighted by atomic mass is 32.2. The van der Waals surface area contributed by atoms with Gasteiger partial charge in [-0.25, -0.2) is 13.6 Å². The lowest BCUT2D eigenvalue weighted by atomic mass is 10.2. The first-order chi connectivity index (χ1) is 12.1. The molecule has 0 heterocycles. The Bertz CT molecular complexity index is 884. The summed E-state index contributed by atoms with van der Waals surface area (Å²) in [7, 11) is -3.70. The molecular formula is C20H23NO4S. The van der Waals surface area contributed by atoms with Gasteiger partial charge >= 0.3 is 0 Å². The third-order valence-electron chi connectivity index (χ3n) is 3.24. The molecular weight excluding hydrogens is 350 g/mol. The minimum absolute atomic E-state index is 0.0471. The summed E-state index contributed by atoms with van der Waals surface area (Å²) < 4.78 is 33.8. The SMILES string of the molecule is CC(C)(C)OCCC#Cc1ccc(Oc2ccc(S(N)(=O)=O)cc2)cc1. The fourth-order valence-corrected chi connectivity index (χ4v) is 2.53. The molecule has 0 spiro atoms. The number of benzene rings is 2. The van der Waals surface area contributed by atoms with Crippen LogP contribution in [0.25, 0.3) is 0 Å². The number of primary sulfonamides is 1. The summed E-state index contributed by atoms with van der Waals surface area (Å²) in [6.07, 6.45) is 0.673. The molecule has 0 atom stereocenters. The second-order valence-electron chi connectivity index (χ2n) is 6.66. The van der Waals surface area contributed by atoms with Crippen molar-refractivity contribution in [1.29, 1.82) is 0 Å². The van der Waals surface area contributed by atoms with E-state index in [1.807, 2.05) is 45.0 Å². The Morgan fingerprint density at radius 1 is 0.962 bits per heavy atom. The van der Waals surface area contributed by atoms with Gasteiger partial charge in [0, 0.05) is 12.0 Å². The maximum absolute atomic E-state index is 11.2. The van der Waals surface area contributed by atoms with Crippen molar-refractivity contribution >= 4 is 10.0 Å². The Balaban J connectivity index is 1.91. The number of sulfonamides is 1. The number of nitrogens with two attached hydrogens (primary N) is 1. The predicted molar refractivity (Wildman–Crippen MR) is 102 cm³/mol. The van der Waals surface area contributed by atoms with Gasteiger partial charge in [0.05, 0.1) is 17.1 Å². The minimum Gasteiger partial charge on any atom is -0.457 e. The van der Waals surface area contributed by atoms with Gasteiger partial charge in [0.2, 0.25) is 10.0 Å². The summed E-state index contributed by atoms with van der Waals surface area (Å²) in [6.45, 7) is 6.65. The van der Waals surface area contributed by atoms with Gasteiger partial charge in [-0.1, -0.05) is 11.8 Å². The molecule has 0 aliphatic carbocycles. The Morgan fingerprint density at radius 3 is 2.00 bits per heavy atom. The van der Waals surface area contributed by atoms with E-state index in [2.05, 4.69) is 11.8 Å². The highest BCUT2D eigenvalue weighted by Gasteiger charge is 2.08. The van der Waals surface area contributed by atoms with E-state index >= 15 is 0 Å². The first-order valence-electron chi connectivity index (χ1n) is 8.17. The van der Waals surface area contributed by atoms with Crippen LogP contribution in [-0.2, 0) is 14.8 Å². The normalized spacial score (nSPS) is 11.5. The summed E-state index contributed by atoms with van der Waals surface area (Å²) >= 11 is 0. The quantitative estimate of drug-likeness (QED) is 0.640. The maximum atomic E-state index is 11.2. The third kappa shape index (κ3) is 6.89. The molecule has 0 aromatic heterocycles. The molecule has 6 heteroatoms. The van der Waals surface area contributed by atoms with Gasteiger partial charge in [0.25, 0.3) is 0 Å². The first-order valence-corrected chi connectivity index (χ1v) is 9.72. The van der Waals surface area contributed by atoms with Crippen molar-refractivity contribution < 1.29 is 17.9 Å². The average Bonchev–Trinajstić information content (AvgIpc) is 2.55. The second kappa shape index (κ2) is 8.37. The van der Waals surface area contributed by atoms with Crippen LogP contribution in [0.3, 0.4) is 0 Å². The molecule has 2 aromatic rings. The van der Waals surface area contributed by atoms with Gasteiger partial charge in [-0.15, -0.1) is 0 Å². The van der Waals surface area contributed by atoms with Crippen molar-refractivity contribution in [3.05, 3.63) is 54.1 Å². The van der Waals surface area contributed by atoms with Gasteiger partial charge in [-0.2, -0.15) is 0 Å². The van der Waals surface area contributed by atoms with E-state index in [4.69, 9.17) is 14.6 Å². The zero-order valence-corrected chi connectivity index (χ0v) is 16.0. The molecule has 0 amide bonds. The molecule has 2 rings (SSSR count). The van der Waals surface area contributed by atoms with Gasteiger partial charge < -0.3 is 9.47 Å². The molecule has 0 saturated heterocycles. The number of hydrogen-bond donors (Lipinski definition) is 1. The van der Waals surface area contributed by atoms with Crippen LogP contribution in [0.4, 0.5) is 0 Å². The highest BCUT2D eigenvalue weighted by Crippen LogP contribution is 2.22. The lowest BCUT2D eigenvalue weighted by Gasteiger charge is -2.18. The molecule has 0 radical (unpaired) electrons. The highest BCUT2D eigenvalue weighted by molar-refractivity contribution is 7.89. The third-order valence-corrected chi connectivity index (χ3v) is 4.17. The standard InChI is InChI=1S/C20H23NO4S/c1-20(2,3)24-15-5-4-6-16-7-9-17(10-8-16)25-18-11-13-19(14-12-18)26(21,22)23/h7-14H,5,15H2,1-3H3,(H2,21,22,23). The van der Waals surface area contributed by atoms with Crippen LogP contribution < -0.4 is 9.88 Å². The van der Waals surface area contributed by atoms with Crippen LogP contribution in [0.2, 0.25) is 0 Å². The van der Waals surface area contributed by atoms with Crippen LogP contribution in [0.1, 0.15) is 32.8 Å². The fourth-order valence-electron chi connectivity index (χ4n) is 2.01. The maximum Gasteiger partial charge on any atom is 0.238 e. The molecule has 26 heavy (non-hydrogen) atoms. The summed E-state index contributed by atoms with van der Waals surface area (Å²) in [5, 5.41) is 5.07. The predicted octanol–water partition coefficient (Wildman–Crippen LogP) is 3.68. The summed E-state index contributed by atoms with van der Waals surface area (Å²) in [5.74, 6) is 7.32. The summed E-state index contributed by atoms with van der Waals surface area (Å²) in [5.41, 5.74) is 0.741. The Hall–Kier alpha value is -2.33. The van der Waals surface area contributed by atoms with E-state index in [-0.39, 0.29) is 10.5 Å². The van der Waals surface area contributed by atoms with Crippen molar-refractivity contribution in [2.24, 2.45) is 5.14 Å². The van der Waals surface area contributed by atoms with E-state index in [0.29, 0.717) is 24.5 Å². The number of rotatable bonds is 5. The first kappa shape index (κ1) is 20.0. The van der Waals surface area contributed by atoms with Crippen LogP contribution in [0.15, 0.2) is 53.4 Å².